The molecule has 2 nitrogen and oxygen atoms in total. The first-order chi connectivity index (χ1) is 4.91. The molecule has 0 saturated heterocycles. The van der Waals surface area contributed by atoms with E-state index in [2.05, 4.69) is 23.6 Å². The fraction of sp³-hybridized carbons (Fsp3) is 0.286. The zero-order valence-corrected chi connectivity index (χ0v) is 6.73. The van der Waals surface area contributed by atoms with Gasteiger partial charge in [0.2, 0.25) is 0 Å². The Hall–Kier alpha value is -0.700. The quantitative estimate of drug-likeness (QED) is 0.467. The van der Waals surface area contributed by atoms with Gasteiger partial charge in [0, 0.05) is 18.5 Å². The molecule has 3 heteroatoms. The smallest absolute Gasteiger partial charge is 0.0323 e. The lowest BCUT2D eigenvalue weighted by atomic mass is 10.7. The third kappa shape index (κ3) is 7.30. The molecule has 0 spiro atoms. The summed E-state index contributed by atoms with van der Waals surface area (Å²) in [6.45, 7) is 7.78. The maximum absolute atomic E-state index is 3.56. The van der Waals surface area contributed by atoms with Gasteiger partial charge in [-0.05, 0) is 18.3 Å². The molecular weight excluding hydrogens is 144 g/mol. The van der Waals surface area contributed by atoms with Crippen molar-refractivity contribution in [2.45, 2.75) is 0 Å². The average Bonchev–Trinajstić information content (AvgIpc) is 1.97. The lowest BCUT2D eigenvalue weighted by molar-refractivity contribution is 0.933. The molecule has 0 aromatic heterocycles. The minimum atomic E-state index is 0.940. The Labute approximate surface area is 66.1 Å². The molecule has 0 aliphatic heterocycles. The lowest BCUT2D eigenvalue weighted by Gasteiger charge is -1.94. The molecule has 0 atom stereocenters. The molecule has 0 saturated carbocycles. The Balaban J connectivity index is 2.96. The summed E-state index contributed by atoms with van der Waals surface area (Å²) in [4.78, 5) is 3.56. The van der Waals surface area contributed by atoms with Crippen molar-refractivity contribution in [2.24, 2.45) is 4.99 Å². The van der Waals surface area contributed by atoms with Gasteiger partial charge in [-0.2, -0.15) is 0 Å². The highest BCUT2D eigenvalue weighted by atomic mass is 32.2. The van der Waals surface area contributed by atoms with Crippen LogP contribution in [0.3, 0.4) is 0 Å². The Morgan fingerprint density at radius 1 is 1.60 bits per heavy atom. The molecule has 0 aromatic carbocycles. The van der Waals surface area contributed by atoms with Crippen LogP contribution in [0.5, 0.6) is 0 Å². The number of rotatable bonds is 6. The first-order valence-electron chi connectivity index (χ1n) is 2.98. The highest BCUT2D eigenvalue weighted by Crippen LogP contribution is 1.99. The van der Waals surface area contributed by atoms with Crippen molar-refractivity contribution in [3.63, 3.8) is 0 Å². The van der Waals surface area contributed by atoms with E-state index in [4.69, 9.17) is 0 Å². The maximum Gasteiger partial charge on any atom is 0.0323 e. The van der Waals surface area contributed by atoms with E-state index in [-0.39, 0.29) is 0 Å². The minimum Gasteiger partial charge on any atom is -0.391 e. The summed E-state index contributed by atoms with van der Waals surface area (Å²) in [7, 11) is 0. The molecular formula is C7H12N2S. The minimum absolute atomic E-state index is 0.940. The van der Waals surface area contributed by atoms with Gasteiger partial charge in [0.05, 0.1) is 0 Å². The zero-order valence-electron chi connectivity index (χ0n) is 5.92. The second kappa shape index (κ2) is 8.30. The van der Waals surface area contributed by atoms with Gasteiger partial charge in [-0.3, -0.25) is 4.99 Å². The molecule has 0 aliphatic carbocycles. The van der Waals surface area contributed by atoms with Crippen molar-refractivity contribution < 1.29 is 0 Å². The van der Waals surface area contributed by atoms with Crippen molar-refractivity contribution in [3.05, 3.63) is 24.4 Å². The van der Waals surface area contributed by atoms with Crippen LogP contribution in [0, 0.1) is 0 Å². The third-order valence-corrected chi connectivity index (χ3v) is 1.53. The normalized spacial score (nSPS) is 9.60. The van der Waals surface area contributed by atoms with E-state index >= 15 is 0 Å². The molecule has 0 fully saturated rings. The monoisotopic (exact) mass is 156 g/mol. The second-order valence-corrected chi connectivity index (χ2v) is 2.51. The van der Waals surface area contributed by atoms with E-state index in [1.807, 2.05) is 5.41 Å². The van der Waals surface area contributed by atoms with Crippen LogP contribution in [0.2, 0.25) is 0 Å². The van der Waals surface area contributed by atoms with Gasteiger partial charge in [0.1, 0.15) is 0 Å². The van der Waals surface area contributed by atoms with Crippen molar-refractivity contribution in [1.29, 1.82) is 0 Å². The topological polar surface area (TPSA) is 24.4 Å². The summed E-state index contributed by atoms with van der Waals surface area (Å²) >= 11 is 1.69. The van der Waals surface area contributed by atoms with E-state index in [9.17, 15) is 0 Å². The van der Waals surface area contributed by atoms with Crippen LogP contribution in [0.25, 0.3) is 0 Å². The molecule has 0 bridgehead atoms. The number of nitrogens with zero attached hydrogens (tertiary/aromatic N) is 1. The Morgan fingerprint density at radius 3 is 3.00 bits per heavy atom. The number of thioether (sulfide) groups is 1. The third-order valence-electron chi connectivity index (χ3n) is 0.771. The van der Waals surface area contributed by atoms with Crippen LogP contribution >= 0.6 is 11.8 Å². The number of nitrogens with one attached hydrogen (secondary N) is 1. The molecule has 0 unspecified atom stereocenters. The molecule has 1 N–H and O–H groups in total. The molecule has 10 heavy (non-hydrogen) atoms. The molecule has 0 radical (unpaired) electrons. The molecule has 0 heterocycles. The van der Waals surface area contributed by atoms with Gasteiger partial charge < -0.3 is 5.32 Å². The maximum atomic E-state index is 3.56. The van der Waals surface area contributed by atoms with Gasteiger partial charge in [-0.15, -0.1) is 11.8 Å². The molecule has 0 aromatic rings. The van der Waals surface area contributed by atoms with E-state index in [0.717, 1.165) is 12.3 Å². The number of aliphatic imine (C=N–C) groups is 1. The predicted octanol–water partition coefficient (Wildman–Crippen LogP) is 1.62. The summed E-state index contributed by atoms with van der Waals surface area (Å²) in [5.41, 5.74) is 0. The van der Waals surface area contributed by atoms with Crippen molar-refractivity contribution in [3.8, 4) is 0 Å². The predicted molar refractivity (Wildman–Crippen MR) is 49.3 cm³/mol. The molecule has 0 aliphatic rings. The molecule has 56 valence electrons. The number of hydrogen-bond acceptors (Lipinski definition) is 3. The van der Waals surface area contributed by atoms with Crippen LogP contribution in [-0.4, -0.2) is 19.0 Å². The fourth-order valence-electron chi connectivity index (χ4n) is 0.374. The lowest BCUT2D eigenvalue weighted by Crippen LogP contribution is -2.07. The van der Waals surface area contributed by atoms with E-state index < -0.39 is 0 Å². The van der Waals surface area contributed by atoms with Crippen molar-refractivity contribution in [2.75, 3.05) is 12.3 Å². The Bertz CT molecular complexity index is 121. The molecule has 0 amide bonds. The van der Waals surface area contributed by atoms with E-state index in [1.54, 1.807) is 24.2 Å². The highest BCUT2D eigenvalue weighted by molar-refractivity contribution is 8.02. The summed E-state index contributed by atoms with van der Waals surface area (Å²) in [6.07, 6.45) is 3.37. The summed E-state index contributed by atoms with van der Waals surface area (Å²) in [6, 6.07) is 0. The van der Waals surface area contributed by atoms with Crippen LogP contribution in [-0.2, 0) is 0 Å². The average molecular weight is 156 g/mol. The van der Waals surface area contributed by atoms with Gasteiger partial charge in [-0.25, -0.2) is 0 Å². The van der Waals surface area contributed by atoms with Crippen molar-refractivity contribution >= 4 is 18.5 Å². The first kappa shape index (κ1) is 9.30. The Morgan fingerprint density at radius 2 is 2.40 bits per heavy atom. The van der Waals surface area contributed by atoms with Gasteiger partial charge in [0.25, 0.3) is 0 Å². The SMILES string of the molecule is C=CNCCS/C=C\N=C. The van der Waals surface area contributed by atoms with Gasteiger partial charge in [0.15, 0.2) is 0 Å². The van der Waals surface area contributed by atoms with E-state index in [0.29, 0.717) is 0 Å². The number of hydrogen-bond donors (Lipinski definition) is 1. The van der Waals surface area contributed by atoms with Crippen LogP contribution in [0.15, 0.2) is 29.4 Å². The van der Waals surface area contributed by atoms with Crippen LogP contribution in [0.1, 0.15) is 0 Å². The summed E-state index contributed by atoms with van der Waals surface area (Å²) in [5, 5.41) is 4.90. The highest BCUT2D eigenvalue weighted by Gasteiger charge is 1.78. The fourth-order valence-corrected chi connectivity index (χ4v) is 0.918. The standard InChI is InChI=1S/C7H12N2S/c1-3-9-5-7-10-6-4-8-2/h3-4,6,9H,1-2,5,7H2/b6-4-. The van der Waals surface area contributed by atoms with Crippen molar-refractivity contribution in [1.82, 2.24) is 5.32 Å². The second-order valence-electron chi connectivity index (χ2n) is 1.50. The van der Waals surface area contributed by atoms with Gasteiger partial charge >= 0.3 is 0 Å². The van der Waals surface area contributed by atoms with Gasteiger partial charge in [-0.1, -0.05) is 6.58 Å². The molecule has 0 rings (SSSR count). The zero-order chi connectivity index (χ0) is 7.66. The largest absolute Gasteiger partial charge is 0.391 e. The summed E-state index contributed by atoms with van der Waals surface area (Å²) < 4.78 is 0. The Kier molecular flexibility index (Phi) is 7.72. The van der Waals surface area contributed by atoms with Crippen LogP contribution < -0.4 is 5.32 Å². The van der Waals surface area contributed by atoms with E-state index in [1.165, 1.54) is 0 Å². The first-order valence-corrected chi connectivity index (χ1v) is 4.03. The van der Waals surface area contributed by atoms with Crippen LogP contribution in [0.4, 0.5) is 0 Å². The summed E-state index contributed by atoms with van der Waals surface area (Å²) in [5.74, 6) is 1.03.